The molecule has 0 spiro atoms. The van der Waals surface area contributed by atoms with Crippen molar-refractivity contribution in [3.05, 3.63) is 77.4 Å². The second-order valence-electron chi connectivity index (χ2n) is 7.44. The van der Waals surface area contributed by atoms with Gasteiger partial charge in [-0.25, -0.2) is 0 Å². The average Bonchev–Trinajstić information content (AvgIpc) is 2.80. The molecule has 1 fully saturated rings. The highest BCUT2D eigenvalue weighted by atomic mass is 19.4. The maximum absolute atomic E-state index is 12.7. The number of amides is 2. The minimum Gasteiger partial charge on any atom is -0.345 e. The first-order valence-corrected chi connectivity index (χ1v) is 10.3. The molecule has 0 atom stereocenters. The zero-order valence-corrected chi connectivity index (χ0v) is 17.4. The minimum atomic E-state index is -4.42. The molecule has 1 N–H and O–H groups in total. The Bertz CT molecular complexity index is 1030. The van der Waals surface area contributed by atoms with Gasteiger partial charge in [0.1, 0.15) is 0 Å². The monoisotopic (exact) mass is 440 g/mol. The molecule has 2 aromatic carbocycles. The number of alkyl halides is 3. The lowest BCUT2D eigenvalue weighted by Crippen LogP contribution is -2.42. The molecule has 32 heavy (non-hydrogen) atoms. The highest BCUT2D eigenvalue weighted by Gasteiger charge is 2.30. The summed E-state index contributed by atoms with van der Waals surface area (Å²) in [5, 5.41) is 2.71. The molecule has 3 rings (SSSR count). The summed E-state index contributed by atoms with van der Waals surface area (Å²) < 4.78 is 38.2. The largest absolute Gasteiger partial charge is 0.416 e. The number of hydrogen-bond acceptors (Lipinski definition) is 2. The number of rotatable bonds is 4. The van der Waals surface area contributed by atoms with Crippen LogP contribution in [-0.4, -0.2) is 36.3 Å². The molecule has 0 radical (unpaired) electrons. The number of carbonyl (C=O) groups is 2. The van der Waals surface area contributed by atoms with E-state index in [2.05, 4.69) is 17.2 Å². The number of carbonyl (C=O) groups excluding carboxylic acids is 2. The van der Waals surface area contributed by atoms with Gasteiger partial charge in [0, 0.05) is 30.6 Å². The molecule has 4 nitrogen and oxygen atoms in total. The van der Waals surface area contributed by atoms with Crippen molar-refractivity contribution in [2.45, 2.75) is 19.0 Å². The van der Waals surface area contributed by atoms with Gasteiger partial charge in [0.05, 0.1) is 12.1 Å². The third-order valence-corrected chi connectivity index (χ3v) is 5.17. The number of nitrogens with zero attached hydrogens (tertiary/aromatic N) is 1. The number of benzene rings is 2. The Morgan fingerprint density at radius 3 is 2.47 bits per heavy atom. The van der Waals surface area contributed by atoms with Gasteiger partial charge >= 0.3 is 6.18 Å². The quantitative estimate of drug-likeness (QED) is 0.574. The number of hydrogen-bond donors (Lipinski definition) is 1. The molecule has 1 aliphatic heterocycles. The van der Waals surface area contributed by atoms with Crippen LogP contribution in [-0.2, 0) is 15.8 Å². The van der Waals surface area contributed by atoms with Crippen LogP contribution in [0.15, 0.2) is 60.7 Å². The highest BCUT2D eigenvalue weighted by molar-refractivity contribution is 5.92. The van der Waals surface area contributed by atoms with Crippen LogP contribution in [0.2, 0.25) is 0 Å². The van der Waals surface area contributed by atoms with Crippen LogP contribution < -0.4 is 5.32 Å². The summed E-state index contributed by atoms with van der Waals surface area (Å²) >= 11 is 0. The van der Waals surface area contributed by atoms with E-state index in [1.165, 1.54) is 12.1 Å². The van der Waals surface area contributed by atoms with Gasteiger partial charge in [-0.3, -0.25) is 9.59 Å². The number of likely N-dealkylation sites (tertiary alicyclic amines) is 1. The summed E-state index contributed by atoms with van der Waals surface area (Å²) in [7, 11) is 0. The van der Waals surface area contributed by atoms with Crippen LogP contribution in [0.3, 0.4) is 0 Å². The van der Waals surface area contributed by atoms with Crippen molar-refractivity contribution in [2.75, 3.05) is 19.6 Å². The second kappa shape index (κ2) is 10.7. The summed E-state index contributed by atoms with van der Waals surface area (Å²) in [5.74, 6) is 4.87. The van der Waals surface area contributed by atoms with E-state index in [1.54, 1.807) is 17.1 Å². The fourth-order valence-corrected chi connectivity index (χ4v) is 3.39. The normalized spacial score (nSPS) is 14.7. The van der Waals surface area contributed by atoms with E-state index >= 15 is 0 Å². The maximum Gasteiger partial charge on any atom is 0.416 e. The first-order chi connectivity index (χ1) is 15.3. The van der Waals surface area contributed by atoms with E-state index in [9.17, 15) is 22.8 Å². The molecule has 0 aromatic heterocycles. The molecule has 166 valence electrons. The van der Waals surface area contributed by atoms with Gasteiger partial charge in [-0.05, 0) is 42.7 Å². The standard InChI is InChI=1S/C25H23F3N2O2/c26-25(27,28)22-10-4-8-20(18-22)9-5-15-29-24(32)21-13-16-30(17-14-21)23(31)12-11-19-6-2-1-3-7-19/h1-4,6-8,10-12,18,21H,13-17H2,(H,29,32)/b12-11+. The number of halogens is 3. The summed E-state index contributed by atoms with van der Waals surface area (Å²) in [6.07, 6.45) is -0.00158. The number of piperidine rings is 1. The van der Waals surface area contributed by atoms with Gasteiger partial charge < -0.3 is 10.2 Å². The Balaban J connectivity index is 1.43. The molecule has 0 saturated carbocycles. The first-order valence-electron chi connectivity index (χ1n) is 10.3. The molecule has 1 saturated heterocycles. The van der Waals surface area contributed by atoms with Gasteiger partial charge in [-0.1, -0.05) is 48.2 Å². The molecular formula is C25H23F3N2O2. The predicted molar refractivity (Wildman–Crippen MR) is 116 cm³/mol. The molecule has 2 aromatic rings. The summed E-state index contributed by atoms with van der Waals surface area (Å²) in [6.45, 7) is 1.03. The van der Waals surface area contributed by atoms with Gasteiger partial charge in [0.2, 0.25) is 11.8 Å². The van der Waals surface area contributed by atoms with E-state index in [0.717, 1.165) is 17.7 Å². The van der Waals surface area contributed by atoms with E-state index < -0.39 is 11.7 Å². The summed E-state index contributed by atoms with van der Waals surface area (Å²) in [4.78, 5) is 26.4. The topological polar surface area (TPSA) is 49.4 Å². The van der Waals surface area contributed by atoms with Crippen molar-refractivity contribution in [2.24, 2.45) is 5.92 Å². The third kappa shape index (κ3) is 6.74. The van der Waals surface area contributed by atoms with E-state index in [-0.39, 0.29) is 29.8 Å². The second-order valence-corrected chi connectivity index (χ2v) is 7.44. The summed E-state index contributed by atoms with van der Waals surface area (Å²) in [6, 6.07) is 14.3. The van der Waals surface area contributed by atoms with Crippen LogP contribution in [0, 0.1) is 17.8 Å². The van der Waals surface area contributed by atoms with E-state index in [0.29, 0.717) is 25.9 Å². The average molecular weight is 440 g/mol. The smallest absolute Gasteiger partial charge is 0.345 e. The van der Waals surface area contributed by atoms with Crippen LogP contribution in [0.5, 0.6) is 0 Å². The first kappa shape index (κ1) is 23.1. The Labute approximate surface area is 185 Å². The third-order valence-electron chi connectivity index (χ3n) is 5.17. The van der Waals surface area contributed by atoms with Gasteiger partial charge in [0.25, 0.3) is 0 Å². The maximum atomic E-state index is 12.7. The Hall–Kier alpha value is -3.53. The van der Waals surface area contributed by atoms with Crippen LogP contribution >= 0.6 is 0 Å². The lowest BCUT2D eigenvalue weighted by molar-refractivity contribution is -0.137. The molecule has 1 aliphatic rings. The molecule has 2 amide bonds. The minimum absolute atomic E-state index is 0.0496. The van der Waals surface area contributed by atoms with Crippen LogP contribution in [0.4, 0.5) is 13.2 Å². The van der Waals surface area contributed by atoms with Crippen LogP contribution in [0.25, 0.3) is 6.08 Å². The van der Waals surface area contributed by atoms with E-state index in [4.69, 9.17) is 0 Å². The SMILES string of the molecule is O=C(NCC#Cc1cccc(C(F)(F)F)c1)C1CCN(C(=O)/C=C/c2ccccc2)CC1. The zero-order valence-electron chi connectivity index (χ0n) is 17.4. The Kier molecular flexibility index (Phi) is 7.72. The predicted octanol–water partition coefficient (Wildman–Crippen LogP) is 4.13. The van der Waals surface area contributed by atoms with Crippen molar-refractivity contribution >= 4 is 17.9 Å². The Morgan fingerprint density at radius 2 is 1.78 bits per heavy atom. The molecule has 0 aliphatic carbocycles. The van der Waals surface area contributed by atoms with Crippen molar-refractivity contribution < 1.29 is 22.8 Å². The van der Waals surface area contributed by atoms with Crippen LogP contribution in [0.1, 0.15) is 29.5 Å². The molecule has 0 unspecified atom stereocenters. The van der Waals surface area contributed by atoms with Gasteiger partial charge in [-0.2, -0.15) is 13.2 Å². The number of nitrogens with one attached hydrogen (secondary N) is 1. The fraction of sp³-hybridized carbons (Fsp3) is 0.280. The molecule has 7 heteroatoms. The van der Waals surface area contributed by atoms with Gasteiger partial charge in [0.15, 0.2) is 0 Å². The molecule has 0 bridgehead atoms. The zero-order chi connectivity index (χ0) is 23.0. The Morgan fingerprint density at radius 1 is 1.06 bits per heavy atom. The van der Waals surface area contributed by atoms with Crippen molar-refractivity contribution in [1.82, 2.24) is 10.2 Å². The molecule has 1 heterocycles. The van der Waals surface area contributed by atoms with Gasteiger partial charge in [-0.15, -0.1) is 0 Å². The lowest BCUT2D eigenvalue weighted by Gasteiger charge is -2.30. The lowest BCUT2D eigenvalue weighted by atomic mass is 9.96. The van der Waals surface area contributed by atoms with Crippen molar-refractivity contribution in [3.63, 3.8) is 0 Å². The van der Waals surface area contributed by atoms with Crippen molar-refractivity contribution in [1.29, 1.82) is 0 Å². The molecular weight excluding hydrogens is 417 g/mol. The fourth-order valence-electron chi connectivity index (χ4n) is 3.39. The highest BCUT2D eigenvalue weighted by Crippen LogP contribution is 2.29. The van der Waals surface area contributed by atoms with E-state index in [1.807, 2.05) is 30.3 Å². The van der Waals surface area contributed by atoms with Crippen molar-refractivity contribution in [3.8, 4) is 11.8 Å². The summed E-state index contributed by atoms with van der Waals surface area (Å²) in [5.41, 5.74) is 0.430.